The molecule has 18 heavy (non-hydrogen) atoms. The predicted molar refractivity (Wildman–Crippen MR) is 69.3 cm³/mol. The van der Waals surface area contributed by atoms with Crippen molar-refractivity contribution in [2.75, 3.05) is 7.05 Å². The summed E-state index contributed by atoms with van der Waals surface area (Å²) in [6.45, 7) is 4.62. The Bertz CT molecular complexity index is 423. The predicted octanol–water partition coefficient (Wildman–Crippen LogP) is 1.66. The van der Waals surface area contributed by atoms with Gasteiger partial charge in [-0.1, -0.05) is 6.92 Å². The Hall–Kier alpha value is -1.46. The summed E-state index contributed by atoms with van der Waals surface area (Å²) < 4.78 is 13.7. The molecule has 1 amide bonds. The van der Waals surface area contributed by atoms with Crippen molar-refractivity contribution in [1.29, 1.82) is 0 Å². The molecule has 0 heterocycles. The van der Waals surface area contributed by atoms with E-state index in [9.17, 15) is 9.18 Å². The van der Waals surface area contributed by atoms with Crippen molar-refractivity contribution >= 4 is 5.91 Å². The SMILES string of the molecule is CCC(C)N(C)Cc1cc(C(=O)NN)ccc1F. The van der Waals surface area contributed by atoms with Crippen LogP contribution in [-0.4, -0.2) is 23.9 Å². The lowest BCUT2D eigenvalue weighted by Gasteiger charge is -2.23. The lowest BCUT2D eigenvalue weighted by molar-refractivity contribution is 0.0953. The van der Waals surface area contributed by atoms with Gasteiger partial charge in [-0.2, -0.15) is 0 Å². The van der Waals surface area contributed by atoms with E-state index in [0.29, 0.717) is 23.7 Å². The quantitative estimate of drug-likeness (QED) is 0.476. The molecule has 1 atom stereocenters. The summed E-state index contributed by atoms with van der Waals surface area (Å²) in [6.07, 6.45) is 0.987. The first-order valence-corrected chi connectivity index (χ1v) is 5.99. The summed E-state index contributed by atoms with van der Waals surface area (Å²) in [5.74, 6) is 4.34. The van der Waals surface area contributed by atoms with E-state index in [1.807, 2.05) is 17.4 Å². The Balaban J connectivity index is 2.91. The molecule has 0 aliphatic heterocycles. The maximum absolute atomic E-state index is 13.7. The minimum Gasteiger partial charge on any atom is -0.299 e. The molecule has 0 saturated carbocycles. The summed E-state index contributed by atoms with van der Waals surface area (Å²) in [5.41, 5.74) is 2.91. The number of hydrogen-bond donors (Lipinski definition) is 2. The van der Waals surface area contributed by atoms with Crippen LogP contribution in [0.15, 0.2) is 18.2 Å². The van der Waals surface area contributed by atoms with Crippen molar-refractivity contribution in [1.82, 2.24) is 10.3 Å². The van der Waals surface area contributed by atoms with E-state index >= 15 is 0 Å². The molecule has 3 N–H and O–H groups in total. The molecule has 1 unspecified atom stereocenters. The summed E-state index contributed by atoms with van der Waals surface area (Å²) in [5, 5.41) is 0. The topological polar surface area (TPSA) is 58.4 Å². The average molecular weight is 253 g/mol. The highest BCUT2D eigenvalue weighted by molar-refractivity contribution is 5.93. The van der Waals surface area contributed by atoms with Gasteiger partial charge in [-0.05, 0) is 38.6 Å². The van der Waals surface area contributed by atoms with E-state index in [1.165, 1.54) is 18.2 Å². The first kappa shape index (κ1) is 14.6. The number of benzene rings is 1. The summed E-state index contributed by atoms with van der Waals surface area (Å²) in [6, 6.07) is 4.61. The number of hydrazine groups is 1. The van der Waals surface area contributed by atoms with Gasteiger partial charge in [0, 0.05) is 23.7 Å². The number of halogens is 1. The van der Waals surface area contributed by atoms with E-state index in [1.54, 1.807) is 0 Å². The Morgan fingerprint density at radius 1 is 1.56 bits per heavy atom. The second kappa shape index (κ2) is 6.47. The largest absolute Gasteiger partial charge is 0.299 e. The van der Waals surface area contributed by atoms with E-state index in [2.05, 4.69) is 13.8 Å². The standard InChI is InChI=1S/C13H20FN3O/c1-4-9(2)17(3)8-11-7-10(13(18)16-15)5-6-12(11)14/h5-7,9H,4,8,15H2,1-3H3,(H,16,18). The van der Waals surface area contributed by atoms with Gasteiger partial charge in [-0.15, -0.1) is 0 Å². The molecule has 0 aliphatic rings. The lowest BCUT2D eigenvalue weighted by Crippen LogP contribution is -2.31. The lowest BCUT2D eigenvalue weighted by atomic mass is 10.1. The van der Waals surface area contributed by atoms with Crippen LogP contribution in [0.4, 0.5) is 4.39 Å². The number of amides is 1. The van der Waals surface area contributed by atoms with Gasteiger partial charge in [0.2, 0.25) is 0 Å². The fourth-order valence-electron chi connectivity index (χ4n) is 1.66. The van der Waals surface area contributed by atoms with Crippen LogP contribution in [0, 0.1) is 5.82 Å². The van der Waals surface area contributed by atoms with Gasteiger partial charge in [0.1, 0.15) is 5.82 Å². The summed E-state index contributed by atoms with van der Waals surface area (Å²) in [4.78, 5) is 13.4. The monoisotopic (exact) mass is 253 g/mol. The highest BCUT2D eigenvalue weighted by Crippen LogP contribution is 2.14. The van der Waals surface area contributed by atoms with Crippen molar-refractivity contribution in [3.05, 3.63) is 35.1 Å². The number of nitrogen functional groups attached to an aromatic ring is 1. The number of carbonyl (C=O) groups is 1. The van der Waals surface area contributed by atoms with E-state index in [4.69, 9.17) is 5.84 Å². The van der Waals surface area contributed by atoms with Crippen LogP contribution in [0.25, 0.3) is 0 Å². The fourth-order valence-corrected chi connectivity index (χ4v) is 1.66. The van der Waals surface area contributed by atoms with Crippen molar-refractivity contribution in [2.24, 2.45) is 5.84 Å². The molecule has 100 valence electrons. The van der Waals surface area contributed by atoms with E-state index in [-0.39, 0.29) is 5.82 Å². The molecular weight excluding hydrogens is 233 g/mol. The Morgan fingerprint density at radius 2 is 2.22 bits per heavy atom. The number of carbonyl (C=O) groups excluding carboxylic acids is 1. The average Bonchev–Trinajstić information content (AvgIpc) is 2.39. The van der Waals surface area contributed by atoms with Crippen LogP contribution in [-0.2, 0) is 6.54 Å². The van der Waals surface area contributed by atoms with Crippen LogP contribution in [0.2, 0.25) is 0 Å². The third-order valence-corrected chi connectivity index (χ3v) is 3.20. The zero-order valence-electron chi connectivity index (χ0n) is 11.0. The van der Waals surface area contributed by atoms with Gasteiger partial charge in [-0.3, -0.25) is 15.1 Å². The Morgan fingerprint density at radius 3 is 2.78 bits per heavy atom. The first-order chi connectivity index (χ1) is 8.49. The highest BCUT2D eigenvalue weighted by atomic mass is 19.1. The molecule has 0 bridgehead atoms. The molecule has 0 saturated heterocycles. The van der Waals surface area contributed by atoms with Gasteiger partial charge < -0.3 is 0 Å². The molecule has 0 aromatic heterocycles. The molecule has 4 nitrogen and oxygen atoms in total. The zero-order chi connectivity index (χ0) is 13.7. The van der Waals surface area contributed by atoms with Gasteiger partial charge in [-0.25, -0.2) is 10.2 Å². The Labute approximate surface area is 107 Å². The second-order valence-corrected chi connectivity index (χ2v) is 4.45. The van der Waals surface area contributed by atoms with Gasteiger partial charge in [0.05, 0.1) is 0 Å². The smallest absolute Gasteiger partial charge is 0.265 e. The van der Waals surface area contributed by atoms with Gasteiger partial charge in [0.25, 0.3) is 5.91 Å². The number of nitrogens with one attached hydrogen (secondary N) is 1. The van der Waals surface area contributed by atoms with Crippen LogP contribution < -0.4 is 11.3 Å². The maximum Gasteiger partial charge on any atom is 0.265 e. The van der Waals surface area contributed by atoms with Crippen molar-refractivity contribution < 1.29 is 9.18 Å². The molecule has 0 radical (unpaired) electrons. The minimum atomic E-state index is -0.414. The summed E-state index contributed by atoms with van der Waals surface area (Å²) in [7, 11) is 1.93. The molecule has 1 aromatic rings. The van der Waals surface area contributed by atoms with Crippen molar-refractivity contribution in [3.8, 4) is 0 Å². The molecule has 0 fully saturated rings. The molecule has 1 aromatic carbocycles. The van der Waals surface area contributed by atoms with Crippen LogP contribution >= 0.6 is 0 Å². The highest BCUT2D eigenvalue weighted by Gasteiger charge is 2.13. The molecule has 0 spiro atoms. The van der Waals surface area contributed by atoms with Crippen LogP contribution in [0.3, 0.4) is 0 Å². The Kier molecular flexibility index (Phi) is 5.25. The number of nitrogens with two attached hydrogens (primary N) is 1. The molecular formula is C13H20FN3O. The zero-order valence-corrected chi connectivity index (χ0v) is 11.0. The first-order valence-electron chi connectivity index (χ1n) is 5.99. The van der Waals surface area contributed by atoms with Crippen molar-refractivity contribution in [2.45, 2.75) is 32.9 Å². The molecule has 1 rings (SSSR count). The molecule has 0 aliphatic carbocycles. The fraction of sp³-hybridized carbons (Fsp3) is 0.462. The third kappa shape index (κ3) is 3.51. The molecule has 5 heteroatoms. The van der Waals surface area contributed by atoms with Crippen LogP contribution in [0.5, 0.6) is 0 Å². The number of rotatable bonds is 5. The maximum atomic E-state index is 13.7. The van der Waals surface area contributed by atoms with E-state index in [0.717, 1.165) is 6.42 Å². The third-order valence-electron chi connectivity index (χ3n) is 3.20. The van der Waals surface area contributed by atoms with Gasteiger partial charge in [0.15, 0.2) is 0 Å². The van der Waals surface area contributed by atoms with Crippen LogP contribution in [0.1, 0.15) is 36.2 Å². The number of nitrogens with zero attached hydrogens (tertiary/aromatic N) is 1. The van der Waals surface area contributed by atoms with E-state index < -0.39 is 5.91 Å². The summed E-state index contributed by atoms with van der Waals surface area (Å²) >= 11 is 0. The normalized spacial score (nSPS) is 12.6. The van der Waals surface area contributed by atoms with Gasteiger partial charge >= 0.3 is 0 Å². The number of hydrogen-bond acceptors (Lipinski definition) is 3. The second-order valence-electron chi connectivity index (χ2n) is 4.45. The van der Waals surface area contributed by atoms with Crippen molar-refractivity contribution in [3.63, 3.8) is 0 Å². The minimum absolute atomic E-state index is 0.307.